The van der Waals surface area contributed by atoms with Gasteiger partial charge in [0.25, 0.3) is 5.91 Å². The maximum atomic E-state index is 12.4. The van der Waals surface area contributed by atoms with Gasteiger partial charge in [0, 0.05) is 25.1 Å². The average molecular weight is 315 g/mol. The smallest absolute Gasteiger partial charge is 0.338 e. The molecule has 1 unspecified atom stereocenters. The summed E-state index contributed by atoms with van der Waals surface area (Å²) in [5, 5.41) is 8.88. The molecule has 1 N–H and O–H groups in total. The number of carbonyl (C=O) groups is 2. The van der Waals surface area contributed by atoms with Gasteiger partial charge in [-0.25, -0.2) is 4.79 Å². The summed E-state index contributed by atoms with van der Waals surface area (Å²) in [6.07, 6.45) is 1.96. The van der Waals surface area contributed by atoms with E-state index >= 15 is 0 Å². The van der Waals surface area contributed by atoms with E-state index in [0.29, 0.717) is 13.1 Å². The molecule has 1 amide bonds. The van der Waals surface area contributed by atoms with Crippen LogP contribution >= 0.6 is 0 Å². The summed E-state index contributed by atoms with van der Waals surface area (Å²) in [7, 11) is 1.62. The number of hydrogen-bond donors (Lipinski definition) is 1. The molecule has 2 aromatic rings. The van der Waals surface area contributed by atoms with Crippen molar-refractivity contribution in [2.45, 2.75) is 12.3 Å². The third kappa shape index (κ3) is 3.06. The van der Waals surface area contributed by atoms with Gasteiger partial charge in [-0.1, -0.05) is 12.1 Å². The van der Waals surface area contributed by atoms with Gasteiger partial charge in [0.2, 0.25) is 0 Å². The molecule has 23 heavy (non-hydrogen) atoms. The Morgan fingerprint density at radius 3 is 2.65 bits per heavy atom. The normalized spacial score (nSPS) is 17.3. The second kappa shape index (κ2) is 6.16. The van der Waals surface area contributed by atoms with Gasteiger partial charge in [-0.05, 0) is 24.1 Å². The predicted molar refractivity (Wildman–Crippen MR) is 81.9 cm³/mol. The van der Waals surface area contributed by atoms with E-state index in [1.807, 2.05) is 24.3 Å². The van der Waals surface area contributed by atoms with Gasteiger partial charge in [0.05, 0.1) is 12.7 Å². The van der Waals surface area contributed by atoms with Crippen molar-refractivity contribution in [2.24, 2.45) is 0 Å². The van der Waals surface area contributed by atoms with Crippen LogP contribution in [0.5, 0.6) is 5.75 Å². The number of amides is 1. The van der Waals surface area contributed by atoms with Crippen molar-refractivity contribution in [3.05, 3.63) is 53.5 Å². The van der Waals surface area contributed by atoms with Gasteiger partial charge in [0.1, 0.15) is 12.0 Å². The van der Waals surface area contributed by atoms with Crippen LogP contribution in [0.25, 0.3) is 0 Å². The highest BCUT2D eigenvalue weighted by Gasteiger charge is 2.29. The Bertz CT molecular complexity index is 719. The van der Waals surface area contributed by atoms with Crippen molar-refractivity contribution in [3.8, 4) is 5.75 Å². The first-order valence-electron chi connectivity index (χ1n) is 7.33. The fourth-order valence-electron chi connectivity index (χ4n) is 2.81. The lowest BCUT2D eigenvalue weighted by atomic mass is 9.98. The second-order valence-electron chi connectivity index (χ2n) is 5.51. The zero-order valence-corrected chi connectivity index (χ0v) is 12.7. The summed E-state index contributed by atoms with van der Waals surface area (Å²) in [6.45, 7) is 1.22. The Morgan fingerprint density at radius 1 is 1.30 bits per heavy atom. The van der Waals surface area contributed by atoms with Crippen LogP contribution in [0.2, 0.25) is 0 Å². The number of ether oxygens (including phenoxy) is 1. The Hall–Kier alpha value is -2.76. The lowest BCUT2D eigenvalue weighted by molar-refractivity contribution is 0.0695. The average Bonchev–Trinajstić information content (AvgIpc) is 3.24. The molecule has 1 aliphatic heterocycles. The summed E-state index contributed by atoms with van der Waals surface area (Å²) in [5.41, 5.74) is 1.14. The van der Waals surface area contributed by atoms with Crippen LogP contribution in [0.1, 0.15) is 38.8 Å². The van der Waals surface area contributed by atoms with E-state index in [9.17, 15) is 9.59 Å². The van der Waals surface area contributed by atoms with Crippen molar-refractivity contribution in [1.29, 1.82) is 0 Å². The number of aromatic carboxylic acids is 1. The largest absolute Gasteiger partial charge is 0.497 e. The molecule has 0 aliphatic carbocycles. The van der Waals surface area contributed by atoms with Gasteiger partial charge in [0.15, 0.2) is 5.76 Å². The zero-order valence-electron chi connectivity index (χ0n) is 12.7. The molecule has 1 saturated heterocycles. The maximum absolute atomic E-state index is 12.4. The first-order valence-corrected chi connectivity index (χ1v) is 7.33. The molecular formula is C17H17NO5. The van der Waals surface area contributed by atoms with E-state index in [2.05, 4.69) is 0 Å². The van der Waals surface area contributed by atoms with E-state index in [4.69, 9.17) is 14.3 Å². The Morgan fingerprint density at radius 2 is 2.04 bits per heavy atom. The summed E-state index contributed by atoms with van der Waals surface area (Å²) in [6, 6.07) is 9.10. The van der Waals surface area contributed by atoms with Gasteiger partial charge < -0.3 is 19.2 Å². The van der Waals surface area contributed by atoms with Crippen molar-refractivity contribution >= 4 is 11.9 Å². The van der Waals surface area contributed by atoms with Crippen LogP contribution in [0, 0.1) is 0 Å². The molecule has 0 radical (unpaired) electrons. The first-order chi connectivity index (χ1) is 11.1. The molecular weight excluding hydrogens is 298 g/mol. The van der Waals surface area contributed by atoms with Crippen molar-refractivity contribution in [2.75, 3.05) is 20.2 Å². The number of hydrogen-bond acceptors (Lipinski definition) is 4. The highest BCUT2D eigenvalue weighted by molar-refractivity contribution is 5.95. The second-order valence-corrected chi connectivity index (χ2v) is 5.51. The lowest BCUT2D eigenvalue weighted by Gasteiger charge is -2.15. The fourth-order valence-corrected chi connectivity index (χ4v) is 2.81. The predicted octanol–water partition coefficient (Wildman–Crippen LogP) is 2.62. The number of rotatable bonds is 4. The number of carbonyl (C=O) groups excluding carboxylic acids is 1. The number of carboxylic acid groups (broad SMARTS) is 1. The first kappa shape index (κ1) is 15.1. The minimum Gasteiger partial charge on any atom is -0.497 e. The van der Waals surface area contributed by atoms with Gasteiger partial charge in [-0.2, -0.15) is 0 Å². The van der Waals surface area contributed by atoms with Crippen molar-refractivity contribution < 1.29 is 23.8 Å². The van der Waals surface area contributed by atoms with Crippen LogP contribution in [0.4, 0.5) is 0 Å². The van der Waals surface area contributed by atoms with E-state index in [1.54, 1.807) is 12.0 Å². The summed E-state index contributed by atoms with van der Waals surface area (Å²) in [5.74, 6) is -0.244. The number of furan rings is 1. The molecule has 2 heterocycles. The van der Waals surface area contributed by atoms with Crippen molar-refractivity contribution in [3.63, 3.8) is 0 Å². The molecule has 1 aliphatic rings. The maximum Gasteiger partial charge on any atom is 0.338 e. The summed E-state index contributed by atoms with van der Waals surface area (Å²) < 4.78 is 10.2. The molecule has 1 atom stereocenters. The molecule has 0 bridgehead atoms. The molecule has 0 spiro atoms. The molecule has 3 rings (SSSR count). The van der Waals surface area contributed by atoms with E-state index in [-0.39, 0.29) is 23.1 Å². The Balaban J connectivity index is 1.68. The molecule has 1 aromatic carbocycles. The van der Waals surface area contributed by atoms with Gasteiger partial charge >= 0.3 is 5.97 Å². The van der Waals surface area contributed by atoms with Crippen LogP contribution in [0.15, 0.2) is 41.0 Å². The topological polar surface area (TPSA) is 80.0 Å². The minimum absolute atomic E-state index is 0.0146. The number of methoxy groups -OCH3 is 1. The fraction of sp³-hybridized carbons (Fsp3) is 0.294. The molecule has 6 nitrogen and oxygen atoms in total. The number of carboxylic acids is 1. The Labute approximate surface area is 133 Å². The van der Waals surface area contributed by atoms with Crippen LogP contribution in [-0.4, -0.2) is 42.1 Å². The zero-order chi connectivity index (χ0) is 16.4. The molecule has 1 aromatic heterocycles. The molecule has 1 fully saturated rings. The van der Waals surface area contributed by atoms with Gasteiger partial charge in [-0.3, -0.25) is 4.79 Å². The van der Waals surface area contributed by atoms with E-state index < -0.39 is 5.97 Å². The quantitative estimate of drug-likeness (QED) is 0.938. The van der Waals surface area contributed by atoms with E-state index in [0.717, 1.165) is 24.0 Å². The SMILES string of the molecule is COc1ccc(C2CCN(C(=O)c3cc(C(=O)O)co3)C2)cc1. The highest BCUT2D eigenvalue weighted by atomic mass is 16.5. The monoisotopic (exact) mass is 315 g/mol. The third-order valence-corrected chi connectivity index (χ3v) is 4.12. The van der Waals surface area contributed by atoms with Crippen LogP contribution in [0.3, 0.4) is 0 Å². The number of benzene rings is 1. The standard InChI is InChI=1S/C17H17NO5/c1-22-14-4-2-11(3-5-14)12-6-7-18(9-12)16(19)15-8-13(10-23-15)17(20)21/h2-5,8,10,12H,6-7,9H2,1H3,(H,20,21). The molecule has 120 valence electrons. The minimum atomic E-state index is -1.11. The Kier molecular flexibility index (Phi) is 4.06. The third-order valence-electron chi connectivity index (χ3n) is 4.12. The van der Waals surface area contributed by atoms with Crippen molar-refractivity contribution in [1.82, 2.24) is 4.90 Å². The summed E-state index contributed by atoms with van der Waals surface area (Å²) >= 11 is 0. The molecule has 6 heteroatoms. The number of likely N-dealkylation sites (tertiary alicyclic amines) is 1. The summed E-state index contributed by atoms with van der Waals surface area (Å²) in [4.78, 5) is 24.9. The highest BCUT2D eigenvalue weighted by Crippen LogP contribution is 2.29. The van der Waals surface area contributed by atoms with Gasteiger partial charge in [-0.15, -0.1) is 0 Å². The molecule has 0 saturated carbocycles. The van der Waals surface area contributed by atoms with Crippen LogP contribution < -0.4 is 4.74 Å². The number of nitrogens with zero attached hydrogens (tertiary/aromatic N) is 1. The lowest BCUT2D eigenvalue weighted by Crippen LogP contribution is -2.28. The van der Waals surface area contributed by atoms with E-state index in [1.165, 1.54) is 6.07 Å². The van der Waals surface area contributed by atoms with Crippen LogP contribution in [-0.2, 0) is 0 Å².